The lowest BCUT2D eigenvalue weighted by Crippen LogP contribution is -3.00. The summed E-state index contributed by atoms with van der Waals surface area (Å²) in [7, 11) is 0. The number of quaternary nitrogens is 1. The molecule has 14 heavy (non-hydrogen) atoms. The fourth-order valence-electron chi connectivity index (χ4n) is 1.96. The molecule has 0 fully saturated rings. The van der Waals surface area contributed by atoms with Crippen LogP contribution in [0.4, 0.5) is 8.78 Å². The van der Waals surface area contributed by atoms with Gasteiger partial charge in [0, 0.05) is 0 Å². The van der Waals surface area contributed by atoms with Crippen LogP contribution in [0, 0.1) is 0 Å². The van der Waals surface area contributed by atoms with Crippen LogP contribution in [0.1, 0.15) is 40.0 Å². The molecule has 0 rings (SSSR count). The SMILES string of the molecule is CCC[N+](CCC)(CCC)C(F)F.[Br-]. The Bertz CT molecular complexity index is 114. The number of rotatable bonds is 7. The first-order valence-electron chi connectivity index (χ1n) is 5.26. The highest BCUT2D eigenvalue weighted by molar-refractivity contribution is 4.42. The lowest BCUT2D eigenvalue weighted by atomic mass is 10.2. The van der Waals surface area contributed by atoms with Crippen LogP contribution in [0.2, 0.25) is 0 Å². The second-order valence-corrected chi connectivity index (χ2v) is 3.67. The lowest BCUT2D eigenvalue weighted by molar-refractivity contribution is -0.979. The first-order chi connectivity index (χ1) is 6.13. The molecule has 0 aliphatic heterocycles. The standard InChI is InChI=1S/C10H22F2N.BrH/c1-4-7-13(8-5-2,9-6-3)10(11)12;/h10H,4-9H2,1-3H3;1H/q+1;/p-1. The molecule has 0 amide bonds. The zero-order chi connectivity index (χ0) is 10.3. The zero-order valence-electron chi connectivity index (χ0n) is 9.40. The molecule has 4 heteroatoms. The van der Waals surface area contributed by atoms with E-state index in [0.717, 1.165) is 19.3 Å². The van der Waals surface area contributed by atoms with E-state index in [1.54, 1.807) is 0 Å². The van der Waals surface area contributed by atoms with Gasteiger partial charge in [0.2, 0.25) is 0 Å². The van der Waals surface area contributed by atoms with Crippen molar-refractivity contribution in [3.63, 3.8) is 0 Å². The van der Waals surface area contributed by atoms with Crippen molar-refractivity contribution in [1.82, 2.24) is 0 Å². The highest BCUT2D eigenvalue weighted by Crippen LogP contribution is 2.19. The van der Waals surface area contributed by atoms with E-state index in [9.17, 15) is 8.78 Å². The molecule has 0 radical (unpaired) electrons. The normalized spacial score (nSPS) is 11.6. The summed E-state index contributed by atoms with van der Waals surface area (Å²) in [5.41, 5.74) is 0. The van der Waals surface area contributed by atoms with Crippen molar-refractivity contribution in [2.24, 2.45) is 0 Å². The third-order valence-corrected chi connectivity index (χ3v) is 2.42. The maximum absolute atomic E-state index is 12.9. The van der Waals surface area contributed by atoms with Crippen LogP contribution in [0.25, 0.3) is 0 Å². The molecule has 0 atom stereocenters. The summed E-state index contributed by atoms with van der Waals surface area (Å²) in [6.45, 7) is 5.54. The van der Waals surface area contributed by atoms with Gasteiger partial charge in [-0.1, -0.05) is 20.8 Å². The minimum atomic E-state index is -2.21. The summed E-state index contributed by atoms with van der Waals surface area (Å²) >= 11 is 0. The van der Waals surface area contributed by atoms with Crippen LogP contribution in [0.3, 0.4) is 0 Å². The van der Waals surface area contributed by atoms with Gasteiger partial charge >= 0.3 is 6.55 Å². The molecule has 88 valence electrons. The predicted octanol–water partition coefficient (Wildman–Crippen LogP) is 0.260. The largest absolute Gasteiger partial charge is 1.00 e. The van der Waals surface area contributed by atoms with Crippen LogP contribution in [0.5, 0.6) is 0 Å². The van der Waals surface area contributed by atoms with Gasteiger partial charge in [0.1, 0.15) is 0 Å². The first-order valence-corrected chi connectivity index (χ1v) is 5.26. The third-order valence-electron chi connectivity index (χ3n) is 2.42. The molecule has 1 nitrogen and oxygen atoms in total. The molecule has 0 aromatic heterocycles. The monoisotopic (exact) mass is 273 g/mol. The molecule has 0 unspecified atom stereocenters. The van der Waals surface area contributed by atoms with Gasteiger partial charge in [0.05, 0.1) is 19.6 Å². The van der Waals surface area contributed by atoms with Gasteiger partial charge in [-0.3, -0.25) is 4.48 Å². The van der Waals surface area contributed by atoms with Crippen molar-refractivity contribution in [2.75, 3.05) is 19.6 Å². The van der Waals surface area contributed by atoms with Crippen LogP contribution >= 0.6 is 0 Å². The molecule has 0 bridgehead atoms. The Morgan fingerprint density at radius 2 is 1.14 bits per heavy atom. The summed E-state index contributed by atoms with van der Waals surface area (Å²) in [6.07, 6.45) is 2.51. The van der Waals surface area contributed by atoms with Crippen molar-refractivity contribution in [3.05, 3.63) is 0 Å². The Labute approximate surface area is 96.8 Å². The van der Waals surface area contributed by atoms with Crippen LogP contribution in [-0.4, -0.2) is 30.7 Å². The quantitative estimate of drug-likeness (QED) is 0.461. The third kappa shape index (κ3) is 4.69. The minimum absolute atomic E-state index is 0. The van der Waals surface area contributed by atoms with Gasteiger partial charge in [-0.05, 0) is 19.3 Å². The second-order valence-electron chi connectivity index (χ2n) is 3.67. The van der Waals surface area contributed by atoms with Gasteiger partial charge in [0.25, 0.3) is 0 Å². The zero-order valence-corrected chi connectivity index (χ0v) is 11.0. The van der Waals surface area contributed by atoms with E-state index in [2.05, 4.69) is 0 Å². The van der Waals surface area contributed by atoms with E-state index in [1.807, 2.05) is 20.8 Å². The van der Waals surface area contributed by atoms with E-state index in [-0.39, 0.29) is 21.5 Å². The number of nitrogens with zero attached hydrogens (tertiary/aromatic N) is 1. The maximum atomic E-state index is 12.9. The average Bonchev–Trinajstić information content (AvgIpc) is 2.05. The number of alkyl halides is 2. The van der Waals surface area contributed by atoms with Crippen LogP contribution < -0.4 is 17.0 Å². The molecule has 0 aliphatic rings. The van der Waals surface area contributed by atoms with Gasteiger partial charge in [-0.15, -0.1) is 0 Å². The average molecular weight is 274 g/mol. The van der Waals surface area contributed by atoms with Crippen molar-refractivity contribution >= 4 is 0 Å². The van der Waals surface area contributed by atoms with Crippen LogP contribution in [0.15, 0.2) is 0 Å². The summed E-state index contributed by atoms with van der Waals surface area (Å²) < 4.78 is 25.8. The molecule has 0 aromatic rings. The summed E-state index contributed by atoms with van der Waals surface area (Å²) in [5.74, 6) is 0. The molecule has 0 saturated carbocycles. The number of hydrogen-bond acceptors (Lipinski definition) is 0. The van der Waals surface area contributed by atoms with E-state index >= 15 is 0 Å². The first kappa shape index (κ1) is 16.7. The number of halogens is 3. The van der Waals surface area contributed by atoms with Gasteiger partial charge in [-0.25, -0.2) is 0 Å². The Morgan fingerprint density at radius 3 is 1.29 bits per heavy atom. The molecule has 0 heterocycles. The maximum Gasteiger partial charge on any atom is 0.380 e. The van der Waals surface area contributed by atoms with Crippen molar-refractivity contribution < 1.29 is 30.2 Å². The van der Waals surface area contributed by atoms with E-state index < -0.39 is 6.55 Å². The molecule has 0 aliphatic carbocycles. The van der Waals surface area contributed by atoms with Crippen molar-refractivity contribution in [3.8, 4) is 0 Å². The summed E-state index contributed by atoms with van der Waals surface area (Å²) in [5, 5.41) is 0. The Hall–Kier alpha value is 0.300. The molecular weight excluding hydrogens is 252 g/mol. The fourth-order valence-corrected chi connectivity index (χ4v) is 1.96. The lowest BCUT2D eigenvalue weighted by Gasteiger charge is -2.36. The van der Waals surface area contributed by atoms with Crippen LogP contribution in [-0.2, 0) is 0 Å². The Kier molecular flexibility index (Phi) is 10.3. The molecule has 0 spiro atoms. The predicted molar refractivity (Wildman–Crippen MR) is 51.7 cm³/mol. The molecule has 0 saturated heterocycles. The summed E-state index contributed by atoms with van der Waals surface area (Å²) in [6, 6.07) is 0. The smallest absolute Gasteiger partial charge is 0.380 e. The molecule has 0 N–H and O–H groups in total. The van der Waals surface area contributed by atoms with Gasteiger partial charge in [-0.2, -0.15) is 8.78 Å². The van der Waals surface area contributed by atoms with E-state index in [4.69, 9.17) is 0 Å². The molecule has 0 aromatic carbocycles. The van der Waals surface area contributed by atoms with E-state index in [0.29, 0.717) is 19.6 Å². The Balaban J connectivity index is 0. The second kappa shape index (κ2) is 8.60. The fraction of sp³-hybridized carbons (Fsp3) is 1.00. The van der Waals surface area contributed by atoms with Gasteiger partial charge < -0.3 is 17.0 Å². The Morgan fingerprint density at radius 1 is 0.857 bits per heavy atom. The number of hydrogen-bond donors (Lipinski definition) is 0. The van der Waals surface area contributed by atoms with E-state index in [1.165, 1.54) is 0 Å². The van der Waals surface area contributed by atoms with Crippen molar-refractivity contribution in [1.29, 1.82) is 0 Å². The van der Waals surface area contributed by atoms with Crippen molar-refractivity contribution in [2.45, 2.75) is 46.6 Å². The molecular formula is C10H22BrF2N. The highest BCUT2D eigenvalue weighted by Gasteiger charge is 2.34. The minimum Gasteiger partial charge on any atom is -1.00 e. The summed E-state index contributed by atoms with van der Waals surface area (Å²) in [4.78, 5) is 0. The topological polar surface area (TPSA) is 0 Å². The highest BCUT2D eigenvalue weighted by atomic mass is 79.9. The van der Waals surface area contributed by atoms with Gasteiger partial charge in [0.15, 0.2) is 0 Å².